The summed E-state index contributed by atoms with van der Waals surface area (Å²) >= 11 is 6.20. The Bertz CT molecular complexity index is 1080. The zero-order valence-corrected chi connectivity index (χ0v) is 18.7. The van der Waals surface area contributed by atoms with Gasteiger partial charge in [-0.3, -0.25) is 14.9 Å². The van der Waals surface area contributed by atoms with Gasteiger partial charge in [0.15, 0.2) is 0 Å². The van der Waals surface area contributed by atoms with E-state index in [-0.39, 0.29) is 27.7 Å². The molecule has 1 heterocycles. The fourth-order valence-corrected chi connectivity index (χ4v) is 5.64. The molecule has 0 atom stereocenters. The summed E-state index contributed by atoms with van der Waals surface area (Å²) in [7, 11) is -2.32. The fraction of sp³-hybridized carbons (Fsp3) is 0.381. The van der Waals surface area contributed by atoms with E-state index in [1.165, 1.54) is 40.5 Å². The van der Waals surface area contributed by atoms with Crippen LogP contribution in [0.5, 0.6) is 0 Å². The number of para-hydroxylation sites is 1. The van der Waals surface area contributed by atoms with Gasteiger partial charge in [0.1, 0.15) is 4.90 Å². The highest BCUT2D eigenvalue weighted by molar-refractivity contribution is 7.89. The third kappa shape index (κ3) is 5.23. The van der Waals surface area contributed by atoms with Gasteiger partial charge >= 0.3 is 0 Å². The van der Waals surface area contributed by atoms with Crippen molar-refractivity contribution in [3.63, 3.8) is 0 Å². The number of hydrogen-bond donors (Lipinski definition) is 0. The Morgan fingerprint density at radius 2 is 1.77 bits per heavy atom. The molecule has 0 spiro atoms. The Balaban J connectivity index is 1.87. The number of sulfonamides is 1. The lowest BCUT2D eigenvalue weighted by Crippen LogP contribution is -2.32. The molecule has 1 saturated heterocycles. The van der Waals surface area contributed by atoms with Crippen molar-refractivity contribution >= 4 is 33.2 Å². The third-order valence-corrected chi connectivity index (χ3v) is 7.68. The molecule has 0 bridgehead atoms. The molecule has 166 valence electrons. The van der Waals surface area contributed by atoms with Gasteiger partial charge < -0.3 is 4.90 Å². The van der Waals surface area contributed by atoms with Crippen LogP contribution < -0.4 is 0 Å². The van der Waals surface area contributed by atoms with Crippen molar-refractivity contribution in [1.82, 2.24) is 9.21 Å². The standard InChI is InChI=1S/C21H24ClN3O5S/c1-23(15-17-8-4-5-9-19(17)25(27)28)21(26)16-10-11-18(22)20(14-16)31(29,30)24-12-6-2-3-7-13-24/h4-5,8-11,14H,2-3,6-7,12-13,15H2,1H3. The van der Waals surface area contributed by atoms with Crippen LogP contribution in [-0.4, -0.2) is 48.6 Å². The Hall–Kier alpha value is -2.49. The molecule has 1 amide bonds. The molecule has 0 saturated carbocycles. The second-order valence-corrected chi connectivity index (χ2v) is 9.82. The largest absolute Gasteiger partial charge is 0.337 e. The molecule has 8 nitrogen and oxygen atoms in total. The number of amides is 1. The van der Waals surface area contributed by atoms with Crippen LogP contribution in [0.4, 0.5) is 5.69 Å². The molecule has 0 unspecified atom stereocenters. The molecule has 0 aromatic heterocycles. The normalized spacial score (nSPS) is 15.3. The Morgan fingerprint density at radius 3 is 2.42 bits per heavy atom. The van der Waals surface area contributed by atoms with Crippen LogP contribution in [0.2, 0.25) is 5.02 Å². The number of nitrogens with zero attached hydrogens (tertiary/aromatic N) is 3. The van der Waals surface area contributed by atoms with Gasteiger partial charge in [-0.15, -0.1) is 0 Å². The number of nitro groups is 1. The van der Waals surface area contributed by atoms with Gasteiger partial charge in [0, 0.05) is 37.3 Å². The van der Waals surface area contributed by atoms with Gasteiger partial charge in [-0.05, 0) is 31.0 Å². The first-order chi connectivity index (χ1) is 14.7. The summed E-state index contributed by atoms with van der Waals surface area (Å²) in [6.45, 7) is 0.857. The Labute approximate surface area is 186 Å². The minimum atomic E-state index is -3.83. The van der Waals surface area contributed by atoms with Crippen molar-refractivity contribution in [3.8, 4) is 0 Å². The lowest BCUT2D eigenvalue weighted by Gasteiger charge is -2.22. The first-order valence-corrected chi connectivity index (χ1v) is 11.8. The molecular weight excluding hydrogens is 442 g/mol. The lowest BCUT2D eigenvalue weighted by atomic mass is 10.1. The van der Waals surface area contributed by atoms with E-state index in [9.17, 15) is 23.3 Å². The predicted octanol–water partition coefficient (Wildman–Crippen LogP) is 4.09. The number of nitro benzene ring substituents is 1. The summed E-state index contributed by atoms with van der Waals surface area (Å²) in [5.41, 5.74) is 0.455. The van der Waals surface area contributed by atoms with E-state index in [4.69, 9.17) is 11.6 Å². The van der Waals surface area contributed by atoms with Crippen LogP contribution in [-0.2, 0) is 16.6 Å². The van der Waals surface area contributed by atoms with E-state index < -0.39 is 20.9 Å². The Kier molecular flexibility index (Phi) is 7.30. The molecule has 2 aromatic carbocycles. The first kappa shape index (κ1) is 23.2. The van der Waals surface area contributed by atoms with Gasteiger partial charge in [0.25, 0.3) is 11.6 Å². The van der Waals surface area contributed by atoms with E-state index in [2.05, 4.69) is 0 Å². The van der Waals surface area contributed by atoms with Crippen molar-refractivity contribution in [2.75, 3.05) is 20.1 Å². The van der Waals surface area contributed by atoms with Crippen molar-refractivity contribution in [1.29, 1.82) is 0 Å². The molecule has 1 aliphatic rings. The van der Waals surface area contributed by atoms with E-state index in [1.807, 2.05) is 0 Å². The van der Waals surface area contributed by atoms with Crippen molar-refractivity contribution < 1.29 is 18.1 Å². The molecule has 0 N–H and O–H groups in total. The summed E-state index contributed by atoms with van der Waals surface area (Å²) in [4.78, 5) is 24.9. The summed E-state index contributed by atoms with van der Waals surface area (Å²) in [6, 6.07) is 10.3. The molecule has 1 aliphatic heterocycles. The highest BCUT2D eigenvalue weighted by atomic mass is 35.5. The van der Waals surface area contributed by atoms with E-state index in [0.717, 1.165) is 25.7 Å². The summed E-state index contributed by atoms with van der Waals surface area (Å²) in [6.07, 6.45) is 3.53. The number of rotatable bonds is 6. The van der Waals surface area contributed by atoms with Crippen LogP contribution in [0.1, 0.15) is 41.6 Å². The quantitative estimate of drug-likeness (QED) is 0.472. The first-order valence-electron chi connectivity index (χ1n) is 9.99. The summed E-state index contributed by atoms with van der Waals surface area (Å²) in [5, 5.41) is 11.3. The number of benzene rings is 2. The minimum absolute atomic E-state index is 0.00677. The number of carbonyl (C=O) groups is 1. The maximum absolute atomic E-state index is 13.2. The molecule has 3 rings (SSSR count). The molecule has 0 aliphatic carbocycles. The molecule has 1 fully saturated rings. The van der Waals surface area contributed by atoms with Crippen LogP contribution in [0.15, 0.2) is 47.4 Å². The monoisotopic (exact) mass is 465 g/mol. The van der Waals surface area contributed by atoms with Crippen LogP contribution in [0.25, 0.3) is 0 Å². The van der Waals surface area contributed by atoms with Gasteiger partial charge in [-0.2, -0.15) is 4.31 Å². The highest BCUT2D eigenvalue weighted by Gasteiger charge is 2.29. The van der Waals surface area contributed by atoms with Gasteiger partial charge in [-0.25, -0.2) is 8.42 Å². The zero-order chi connectivity index (χ0) is 22.6. The second-order valence-electron chi connectivity index (χ2n) is 7.51. The van der Waals surface area contributed by atoms with Gasteiger partial charge in [0.05, 0.1) is 16.5 Å². The SMILES string of the molecule is CN(Cc1ccccc1[N+](=O)[O-])C(=O)c1ccc(Cl)c(S(=O)(=O)N2CCCCCC2)c1. The molecular formula is C21H24ClN3O5S. The van der Waals surface area contributed by atoms with E-state index in [0.29, 0.717) is 18.7 Å². The maximum atomic E-state index is 13.2. The average Bonchev–Trinajstić information content (AvgIpc) is 3.04. The van der Waals surface area contributed by atoms with Crippen molar-refractivity contribution in [2.24, 2.45) is 0 Å². The van der Waals surface area contributed by atoms with Crippen LogP contribution in [0.3, 0.4) is 0 Å². The second kappa shape index (κ2) is 9.76. The Morgan fingerprint density at radius 1 is 1.13 bits per heavy atom. The van der Waals surface area contributed by atoms with Gasteiger partial charge in [-0.1, -0.05) is 42.6 Å². The zero-order valence-electron chi connectivity index (χ0n) is 17.2. The van der Waals surface area contributed by atoms with Gasteiger partial charge in [0.2, 0.25) is 10.0 Å². The lowest BCUT2D eigenvalue weighted by molar-refractivity contribution is -0.385. The number of hydrogen-bond acceptors (Lipinski definition) is 5. The number of halogens is 1. The highest BCUT2D eigenvalue weighted by Crippen LogP contribution is 2.28. The van der Waals surface area contributed by atoms with Crippen molar-refractivity contribution in [3.05, 3.63) is 68.7 Å². The third-order valence-electron chi connectivity index (χ3n) is 5.30. The van der Waals surface area contributed by atoms with Crippen molar-refractivity contribution in [2.45, 2.75) is 37.1 Å². The molecule has 31 heavy (non-hydrogen) atoms. The average molecular weight is 466 g/mol. The summed E-state index contributed by atoms with van der Waals surface area (Å²) < 4.78 is 27.7. The summed E-state index contributed by atoms with van der Waals surface area (Å²) in [5.74, 6) is -0.456. The molecule has 2 aromatic rings. The minimum Gasteiger partial charge on any atom is -0.337 e. The fourth-order valence-electron chi connectivity index (χ4n) is 3.63. The topological polar surface area (TPSA) is 101 Å². The maximum Gasteiger partial charge on any atom is 0.274 e. The molecule has 10 heteroatoms. The van der Waals surface area contributed by atoms with E-state index >= 15 is 0 Å². The molecule has 0 radical (unpaired) electrons. The number of carbonyl (C=O) groups excluding carboxylic acids is 1. The van der Waals surface area contributed by atoms with E-state index in [1.54, 1.807) is 18.2 Å². The van der Waals surface area contributed by atoms with Crippen LogP contribution >= 0.6 is 11.6 Å². The predicted molar refractivity (Wildman–Crippen MR) is 118 cm³/mol. The smallest absolute Gasteiger partial charge is 0.274 e. The van der Waals surface area contributed by atoms with Crippen LogP contribution in [0, 0.1) is 10.1 Å².